The molecule has 2 saturated carbocycles. The monoisotopic (exact) mass is 250 g/mol. The van der Waals surface area contributed by atoms with Gasteiger partial charge in [0.05, 0.1) is 11.8 Å². The fourth-order valence-corrected chi connectivity index (χ4v) is 2.56. The molecule has 0 bridgehead atoms. The highest BCUT2D eigenvalue weighted by Crippen LogP contribution is 2.38. The maximum atomic E-state index is 5.79. The van der Waals surface area contributed by atoms with E-state index in [1.165, 1.54) is 19.3 Å². The lowest BCUT2D eigenvalue weighted by molar-refractivity contribution is -0.0738. The van der Waals surface area contributed by atoms with E-state index in [4.69, 9.17) is 9.15 Å². The summed E-state index contributed by atoms with van der Waals surface area (Å²) in [5, 5.41) is 3.47. The standard InChI is InChI=1S/C14H22N2O2/c1-17-14(6-2-7-14)9-12-10-16-13(18-12)5-8-15-11-3-4-11/h10-11,15H,2-9H2,1H3. The molecular formula is C14H22N2O2. The predicted molar refractivity (Wildman–Crippen MR) is 68.5 cm³/mol. The van der Waals surface area contributed by atoms with Crippen LogP contribution in [0.4, 0.5) is 0 Å². The van der Waals surface area contributed by atoms with E-state index < -0.39 is 0 Å². The van der Waals surface area contributed by atoms with E-state index in [2.05, 4.69) is 10.3 Å². The zero-order valence-electron chi connectivity index (χ0n) is 11.1. The summed E-state index contributed by atoms with van der Waals surface area (Å²) in [6.45, 7) is 0.972. The lowest BCUT2D eigenvalue weighted by atomic mass is 9.77. The lowest BCUT2D eigenvalue weighted by Gasteiger charge is -2.39. The molecule has 2 fully saturated rings. The molecule has 1 N–H and O–H groups in total. The van der Waals surface area contributed by atoms with Crippen molar-refractivity contribution >= 4 is 0 Å². The molecule has 0 atom stereocenters. The minimum absolute atomic E-state index is 0.0308. The van der Waals surface area contributed by atoms with Crippen LogP contribution in [-0.2, 0) is 17.6 Å². The van der Waals surface area contributed by atoms with Crippen molar-refractivity contribution in [3.8, 4) is 0 Å². The minimum atomic E-state index is 0.0308. The summed E-state index contributed by atoms with van der Waals surface area (Å²) in [7, 11) is 1.80. The fraction of sp³-hybridized carbons (Fsp3) is 0.786. The minimum Gasteiger partial charge on any atom is -0.446 e. The van der Waals surface area contributed by atoms with E-state index in [0.29, 0.717) is 0 Å². The Labute approximate surface area is 108 Å². The average Bonchev–Trinajstić information content (AvgIpc) is 3.04. The number of aromatic nitrogens is 1. The molecule has 4 heteroatoms. The van der Waals surface area contributed by atoms with Crippen molar-refractivity contribution in [2.24, 2.45) is 0 Å². The van der Waals surface area contributed by atoms with Crippen molar-refractivity contribution in [3.63, 3.8) is 0 Å². The molecule has 0 radical (unpaired) electrons. The zero-order valence-corrected chi connectivity index (χ0v) is 11.1. The van der Waals surface area contributed by atoms with Gasteiger partial charge in [-0.3, -0.25) is 0 Å². The Morgan fingerprint density at radius 2 is 2.33 bits per heavy atom. The highest BCUT2D eigenvalue weighted by Gasteiger charge is 2.38. The number of hydrogen-bond donors (Lipinski definition) is 1. The Morgan fingerprint density at radius 1 is 1.50 bits per heavy atom. The molecule has 0 aromatic carbocycles. The van der Waals surface area contributed by atoms with Gasteiger partial charge in [0.2, 0.25) is 0 Å². The number of methoxy groups -OCH3 is 1. The average molecular weight is 250 g/mol. The van der Waals surface area contributed by atoms with Crippen molar-refractivity contribution in [1.82, 2.24) is 10.3 Å². The summed E-state index contributed by atoms with van der Waals surface area (Å²) in [6, 6.07) is 0.756. The molecule has 3 rings (SSSR count). The predicted octanol–water partition coefficient (Wildman–Crippen LogP) is 2.08. The summed E-state index contributed by atoms with van der Waals surface area (Å²) in [5.41, 5.74) is 0.0308. The fourth-order valence-electron chi connectivity index (χ4n) is 2.56. The second-order valence-electron chi connectivity index (χ2n) is 5.62. The van der Waals surface area contributed by atoms with Crippen molar-refractivity contribution in [2.45, 2.75) is 56.6 Å². The first-order valence-corrected chi connectivity index (χ1v) is 7.02. The van der Waals surface area contributed by atoms with Crippen LogP contribution in [0.1, 0.15) is 43.8 Å². The molecule has 2 aliphatic rings. The third-order valence-corrected chi connectivity index (χ3v) is 4.14. The first-order valence-electron chi connectivity index (χ1n) is 7.02. The van der Waals surface area contributed by atoms with Crippen LogP contribution in [0.25, 0.3) is 0 Å². The Morgan fingerprint density at radius 3 is 2.94 bits per heavy atom. The first-order chi connectivity index (χ1) is 8.80. The molecule has 4 nitrogen and oxygen atoms in total. The Balaban J connectivity index is 1.49. The Hall–Kier alpha value is -0.870. The molecule has 0 amide bonds. The van der Waals surface area contributed by atoms with Crippen molar-refractivity contribution < 1.29 is 9.15 Å². The van der Waals surface area contributed by atoms with E-state index >= 15 is 0 Å². The number of hydrogen-bond acceptors (Lipinski definition) is 4. The molecule has 0 spiro atoms. The molecule has 0 unspecified atom stereocenters. The zero-order chi connectivity index (χ0) is 12.4. The van der Waals surface area contributed by atoms with Gasteiger partial charge in [0.15, 0.2) is 5.89 Å². The van der Waals surface area contributed by atoms with Crippen molar-refractivity contribution in [3.05, 3.63) is 17.8 Å². The van der Waals surface area contributed by atoms with E-state index in [1.807, 2.05) is 6.20 Å². The summed E-state index contributed by atoms with van der Waals surface area (Å²) in [4.78, 5) is 4.35. The number of nitrogens with one attached hydrogen (secondary N) is 1. The van der Waals surface area contributed by atoms with Gasteiger partial charge in [0, 0.05) is 32.5 Å². The smallest absolute Gasteiger partial charge is 0.195 e. The summed E-state index contributed by atoms with van der Waals surface area (Å²) >= 11 is 0. The molecule has 0 aliphatic heterocycles. The van der Waals surface area contributed by atoms with Gasteiger partial charge in [-0.05, 0) is 32.1 Å². The molecule has 18 heavy (non-hydrogen) atoms. The number of ether oxygens (including phenoxy) is 1. The van der Waals surface area contributed by atoms with Crippen LogP contribution in [0.2, 0.25) is 0 Å². The normalized spacial score (nSPS) is 21.8. The van der Waals surface area contributed by atoms with Crippen LogP contribution in [-0.4, -0.2) is 30.3 Å². The van der Waals surface area contributed by atoms with Gasteiger partial charge in [-0.1, -0.05) is 0 Å². The topological polar surface area (TPSA) is 47.3 Å². The van der Waals surface area contributed by atoms with E-state index in [1.54, 1.807) is 7.11 Å². The second-order valence-corrected chi connectivity index (χ2v) is 5.62. The largest absolute Gasteiger partial charge is 0.446 e. The number of rotatable bonds is 7. The second kappa shape index (κ2) is 5.02. The van der Waals surface area contributed by atoms with Gasteiger partial charge in [-0.2, -0.15) is 0 Å². The van der Waals surface area contributed by atoms with Crippen LogP contribution in [0.5, 0.6) is 0 Å². The van der Waals surface area contributed by atoms with Crippen LogP contribution >= 0.6 is 0 Å². The maximum absolute atomic E-state index is 5.79. The van der Waals surface area contributed by atoms with Crippen LogP contribution < -0.4 is 5.32 Å². The third kappa shape index (κ3) is 2.75. The van der Waals surface area contributed by atoms with E-state index in [-0.39, 0.29) is 5.60 Å². The lowest BCUT2D eigenvalue weighted by Crippen LogP contribution is -2.41. The first kappa shape index (κ1) is 12.2. The van der Waals surface area contributed by atoms with Crippen LogP contribution in [0, 0.1) is 0 Å². The molecule has 2 aliphatic carbocycles. The van der Waals surface area contributed by atoms with E-state index in [0.717, 1.165) is 49.9 Å². The highest BCUT2D eigenvalue weighted by molar-refractivity contribution is 5.04. The van der Waals surface area contributed by atoms with Crippen LogP contribution in [0.3, 0.4) is 0 Å². The summed E-state index contributed by atoms with van der Waals surface area (Å²) in [6.07, 6.45) is 9.82. The molecule has 100 valence electrons. The van der Waals surface area contributed by atoms with E-state index in [9.17, 15) is 0 Å². The third-order valence-electron chi connectivity index (χ3n) is 4.14. The Bertz CT molecular complexity index is 389. The molecule has 1 aromatic heterocycles. The molecule has 1 heterocycles. The van der Waals surface area contributed by atoms with Crippen molar-refractivity contribution in [2.75, 3.05) is 13.7 Å². The molecule has 1 aromatic rings. The van der Waals surface area contributed by atoms with Gasteiger partial charge in [-0.15, -0.1) is 0 Å². The van der Waals surface area contributed by atoms with Crippen LogP contribution in [0.15, 0.2) is 10.6 Å². The maximum Gasteiger partial charge on any atom is 0.195 e. The van der Waals surface area contributed by atoms with Gasteiger partial charge < -0.3 is 14.5 Å². The summed E-state index contributed by atoms with van der Waals surface area (Å²) in [5.74, 6) is 1.82. The molecular weight excluding hydrogens is 228 g/mol. The SMILES string of the molecule is COC1(Cc2cnc(CCNC3CC3)o2)CCC1. The van der Waals surface area contributed by atoms with Gasteiger partial charge in [-0.25, -0.2) is 4.98 Å². The molecule has 0 saturated heterocycles. The highest BCUT2D eigenvalue weighted by atomic mass is 16.5. The Kier molecular flexibility index (Phi) is 3.39. The number of nitrogens with zero attached hydrogens (tertiary/aromatic N) is 1. The quantitative estimate of drug-likeness (QED) is 0.805. The van der Waals surface area contributed by atoms with Gasteiger partial charge >= 0.3 is 0 Å². The van der Waals surface area contributed by atoms with Crippen molar-refractivity contribution in [1.29, 1.82) is 0 Å². The van der Waals surface area contributed by atoms with Gasteiger partial charge in [0.1, 0.15) is 5.76 Å². The number of oxazole rings is 1. The summed E-state index contributed by atoms with van der Waals surface area (Å²) < 4.78 is 11.4. The van der Waals surface area contributed by atoms with Gasteiger partial charge in [0.25, 0.3) is 0 Å².